The van der Waals surface area contributed by atoms with Gasteiger partial charge in [0.1, 0.15) is 11.6 Å². The molecule has 0 aromatic carbocycles. The van der Waals surface area contributed by atoms with Crippen molar-refractivity contribution in [3.63, 3.8) is 0 Å². The molecule has 2 aromatic rings. The number of hydrogen-bond acceptors (Lipinski definition) is 7. The van der Waals surface area contributed by atoms with Gasteiger partial charge >= 0.3 is 0 Å². The number of nitrogens with two attached hydrogens (primary N) is 1. The van der Waals surface area contributed by atoms with E-state index in [0.29, 0.717) is 12.5 Å². The zero-order valence-electron chi connectivity index (χ0n) is 13.2. The Labute approximate surface area is 139 Å². The topological polar surface area (TPSA) is 97.0 Å². The Kier molecular flexibility index (Phi) is 4.53. The lowest BCUT2D eigenvalue weighted by Gasteiger charge is -2.14. The van der Waals surface area contributed by atoms with Crippen molar-refractivity contribution in [3.05, 3.63) is 28.7 Å². The van der Waals surface area contributed by atoms with Gasteiger partial charge in [-0.1, -0.05) is 0 Å². The summed E-state index contributed by atoms with van der Waals surface area (Å²) in [5, 5.41) is 4.07. The third-order valence-electron chi connectivity index (χ3n) is 3.78. The second kappa shape index (κ2) is 6.59. The fraction of sp³-hybridized carbons (Fsp3) is 0.467. The summed E-state index contributed by atoms with van der Waals surface area (Å²) in [5.41, 5.74) is 6.27. The van der Waals surface area contributed by atoms with E-state index >= 15 is 0 Å². The molecule has 1 fully saturated rings. The number of anilines is 2. The van der Waals surface area contributed by atoms with E-state index < -0.39 is 0 Å². The van der Waals surface area contributed by atoms with Gasteiger partial charge in [0.05, 0.1) is 12.2 Å². The van der Waals surface area contributed by atoms with Crippen molar-refractivity contribution >= 4 is 28.2 Å². The third kappa shape index (κ3) is 4.02. The summed E-state index contributed by atoms with van der Waals surface area (Å²) >= 11 is 1.59. The summed E-state index contributed by atoms with van der Waals surface area (Å²) in [4.78, 5) is 27.6. The number of nitrogens with zero attached hydrogens (tertiary/aromatic N) is 4. The molecule has 3 heterocycles. The van der Waals surface area contributed by atoms with Gasteiger partial charge in [-0.3, -0.25) is 9.69 Å². The molecule has 8 heteroatoms. The van der Waals surface area contributed by atoms with Crippen LogP contribution in [0.1, 0.15) is 28.7 Å². The molecule has 1 aliphatic rings. The number of nitrogens with one attached hydrogen (secondary N) is 1. The van der Waals surface area contributed by atoms with Crippen LogP contribution in [-0.4, -0.2) is 45.4 Å². The van der Waals surface area contributed by atoms with Crippen LogP contribution in [0.15, 0.2) is 12.3 Å². The van der Waals surface area contributed by atoms with Gasteiger partial charge in [0.15, 0.2) is 5.13 Å². The number of aromatic nitrogens is 3. The average molecular weight is 332 g/mol. The SMILES string of the molecule is Cc1nc(Nc2ncc(C)s2)cc(C2CCN(CC(N)=O)C2)n1. The number of thiazole rings is 1. The van der Waals surface area contributed by atoms with Crippen LogP contribution in [0.4, 0.5) is 10.9 Å². The zero-order valence-corrected chi connectivity index (χ0v) is 14.1. The van der Waals surface area contributed by atoms with Crippen LogP contribution < -0.4 is 11.1 Å². The third-order valence-corrected chi connectivity index (χ3v) is 4.61. The molecule has 0 spiro atoms. The van der Waals surface area contributed by atoms with E-state index in [4.69, 9.17) is 5.73 Å². The quantitative estimate of drug-likeness (QED) is 0.862. The molecular weight excluding hydrogens is 312 g/mol. The molecule has 0 bridgehead atoms. The van der Waals surface area contributed by atoms with E-state index in [1.807, 2.05) is 26.1 Å². The first-order chi connectivity index (χ1) is 11.0. The van der Waals surface area contributed by atoms with Gasteiger partial charge in [-0.05, 0) is 26.8 Å². The monoisotopic (exact) mass is 332 g/mol. The van der Waals surface area contributed by atoms with Crippen LogP contribution in [0.3, 0.4) is 0 Å². The van der Waals surface area contributed by atoms with Crippen LogP contribution in [0, 0.1) is 13.8 Å². The van der Waals surface area contributed by atoms with Crippen molar-refractivity contribution in [2.45, 2.75) is 26.2 Å². The van der Waals surface area contributed by atoms with Gasteiger partial charge in [0.25, 0.3) is 0 Å². The first kappa shape index (κ1) is 15.8. The molecule has 1 aliphatic heterocycles. The molecule has 3 rings (SSSR count). The van der Waals surface area contributed by atoms with E-state index in [-0.39, 0.29) is 5.91 Å². The Hall–Kier alpha value is -2.06. The van der Waals surface area contributed by atoms with E-state index in [1.54, 1.807) is 11.3 Å². The second-order valence-corrected chi connectivity index (χ2v) is 7.05. The Morgan fingerprint density at radius 2 is 2.30 bits per heavy atom. The highest BCUT2D eigenvalue weighted by molar-refractivity contribution is 7.15. The van der Waals surface area contributed by atoms with Crippen molar-refractivity contribution in [2.75, 3.05) is 25.0 Å². The molecule has 3 N–H and O–H groups in total. The van der Waals surface area contributed by atoms with Gasteiger partial charge in [-0.15, -0.1) is 11.3 Å². The van der Waals surface area contributed by atoms with Gasteiger partial charge in [-0.2, -0.15) is 0 Å². The maximum Gasteiger partial charge on any atom is 0.231 e. The number of carbonyl (C=O) groups is 1. The Morgan fingerprint density at radius 3 is 3.00 bits per heavy atom. The maximum atomic E-state index is 11.1. The number of aryl methyl sites for hydroxylation is 2. The molecule has 23 heavy (non-hydrogen) atoms. The summed E-state index contributed by atoms with van der Waals surface area (Å²) in [6.45, 7) is 5.88. The van der Waals surface area contributed by atoms with Gasteiger partial charge < -0.3 is 11.1 Å². The zero-order chi connectivity index (χ0) is 16.4. The Balaban J connectivity index is 1.74. The van der Waals surface area contributed by atoms with E-state index in [2.05, 4.69) is 25.2 Å². The van der Waals surface area contributed by atoms with E-state index in [1.165, 1.54) is 0 Å². The molecule has 7 nitrogen and oxygen atoms in total. The van der Waals surface area contributed by atoms with Gasteiger partial charge in [0, 0.05) is 29.6 Å². The summed E-state index contributed by atoms with van der Waals surface area (Å²) < 4.78 is 0. The fourth-order valence-electron chi connectivity index (χ4n) is 2.82. The van der Waals surface area contributed by atoms with Crippen LogP contribution in [0.2, 0.25) is 0 Å². The van der Waals surface area contributed by atoms with Gasteiger partial charge in [0.2, 0.25) is 5.91 Å². The van der Waals surface area contributed by atoms with Crippen molar-refractivity contribution in [3.8, 4) is 0 Å². The molecule has 1 atom stereocenters. The molecule has 1 saturated heterocycles. The standard InChI is InChI=1S/C15H20N6OS/c1-9-6-17-15(23-9)20-14-5-12(18-10(2)19-14)11-3-4-21(7-11)8-13(16)22/h5-6,11H,3-4,7-8H2,1-2H3,(H2,16,22)(H,17,18,19,20). The van der Waals surface area contributed by atoms with E-state index in [0.717, 1.165) is 46.9 Å². The lowest BCUT2D eigenvalue weighted by Crippen LogP contribution is -2.31. The highest BCUT2D eigenvalue weighted by Crippen LogP contribution is 2.28. The van der Waals surface area contributed by atoms with Gasteiger partial charge in [-0.25, -0.2) is 15.0 Å². The highest BCUT2D eigenvalue weighted by atomic mass is 32.1. The highest BCUT2D eigenvalue weighted by Gasteiger charge is 2.26. The molecule has 0 aliphatic carbocycles. The largest absolute Gasteiger partial charge is 0.369 e. The van der Waals surface area contributed by atoms with Crippen LogP contribution in [0.25, 0.3) is 0 Å². The minimum absolute atomic E-state index is 0.286. The Bertz CT molecular complexity index is 716. The van der Waals surface area contributed by atoms with Crippen molar-refractivity contribution in [1.29, 1.82) is 0 Å². The lowest BCUT2D eigenvalue weighted by molar-refractivity contribution is -0.118. The minimum atomic E-state index is -0.286. The molecular formula is C15H20N6OS. The minimum Gasteiger partial charge on any atom is -0.369 e. The summed E-state index contributed by atoms with van der Waals surface area (Å²) in [7, 11) is 0. The summed E-state index contributed by atoms with van der Waals surface area (Å²) in [6.07, 6.45) is 2.81. The normalized spacial score (nSPS) is 18.3. The van der Waals surface area contributed by atoms with Crippen molar-refractivity contribution in [1.82, 2.24) is 19.9 Å². The number of primary amides is 1. The first-order valence-electron chi connectivity index (χ1n) is 7.55. The molecule has 122 valence electrons. The van der Waals surface area contributed by atoms with Crippen LogP contribution in [-0.2, 0) is 4.79 Å². The number of likely N-dealkylation sites (tertiary alicyclic amines) is 1. The molecule has 0 saturated carbocycles. The lowest BCUT2D eigenvalue weighted by atomic mass is 10.0. The van der Waals surface area contributed by atoms with Crippen LogP contribution in [0.5, 0.6) is 0 Å². The average Bonchev–Trinajstić information content (AvgIpc) is 3.07. The summed E-state index contributed by atoms with van der Waals surface area (Å²) in [5.74, 6) is 1.50. The number of hydrogen-bond donors (Lipinski definition) is 2. The number of rotatable bonds is 5. The molecule has 0 radical (unpaired) electrons. The predicted octanol–water partition coefficient (Wildman–Crippen LogP) is 1.57. The molecule has 1 amide bonds. The Morgan fingerprint density at radius 1 is 1.48 bits per heavy atom. The smallest absolute Gasteiger partial charge is 0.231 e. The molecule has 1 unspecified atom stereocenters. The van der Waals surface area contributed by atoms with Crippen molar-refractivity contribution in [2.24, 2.45) is 5.73 Å². The van der Waals surface area contributed by atoms with Crippen molar-refractivity contribution < 1.29 is 4.79 Å². The fourth-order valence-corrected chi connectivity index (χ4v) is 3.50. The maximum absolute atomic E-state index is 11.1. The van der Waals surface area contributed by atoms with Crippen LogP contribution >= 0.6 is 11.3 Å². The molecule has 2 aromatic heterocycles. The predicted molar refractivity (Wildman–Crippen MR) is 89.9 cm³/mol. The number of carbonyl (C=O) groups excluding carboxylic acids is 1. The second-order valence-electron chi connectivity index (χ2n) is 5.81. The first-order valence-corrected chi connectivity index (χ1v) is 8.37. The number of amides is 1. The van der Waals surface area contributed by atoms with E-state index in [9.17, 15) is 4.79 Å². The summed E-state index contributed by atoms with van der Waals surface area (Å²) in [6, 6.07) is 1.97.